The quantitative estimate of drug-likeness (QED) is 0.324. The van der Waals surface area contributed by atoms with Crippen molar-refractivity contribution in [2.45, 2.75) is 103 Å². The molecule has 142 valence electrons. The summed E-state index contributed by atoms with van der Waals surface area (Å²) >= 11 is 0. The molecule has 0 saturated heterocycles. The van der Waals surface area contributed by atoms with Crippen LogP contribution in [0.5, 0.6) is 0 Å². The molecule has 0 saturated carbocycles. The minimum Gasteiger partial charge on any atom is -0.490 e. The Morgan fingerprint density at radius 2 is 1.28 bits per heavy atom. The molecule has 0 spiro atoms. The molecule has 0 bridgehead atoms. The molecular weight excluding hydrogens is 310 g/mol. The Balaban J connectivity index is 1.90. The average molecular weight is 348 g/mol. The van der Waals surface area contributed by atoms with Gasteiger partial charge < -0.3 is 9.90 Å². The number of rotatable bonds is 15. The first-order chi connectivity index (χ1) is 12.3. The van der Waals surface area contributed by atoms with E-state index in [4.69, 9.17) is 0 Å². The normalized spacial score (nSPS) is 10.9. The van der Waals surface area contributed by atoms with Gasteiger partial charge in [-0.25, -0.2) is 0 Å². The van der Waals surface area contributed by atoms with Gasteiger partial charge in [0.15, 0.2) is 11.9 Å². The molecule has 0 N–H and O–H groups in total. The second kappa shape index (κ2) is 14.9. The molecule has 0 radical (unpaired) electrons. The number of hydrogen-bond acceptors (Lipinski definition) is 2. The standard InChI is InChI=1S/C22H37NO2/c1-2-3-4-5-6-7-8-9-10-11-12-13-14-15-18-21-19-16-17-20-23(21)22(24)25/h16-17,19-20H,2-15,18H2,1H3. The van der Waals surface area contributed by atoms with Crippen LogP contribution in [0.15, 0.2) is 24.4 Å². The van der Waals surface area contributed by atoms with Gasteiger partial charge in [0.2, 0.25) is 0 Å². The van der Waals surface area contributed by atoms with Crippen LogP contribution in [0.25, 0.3) is 0 Å². The second-order valence-corrected chi connectivity index (χ2v) is 7.17. The predicted molar refractivity (Wildman–Crippen MR) is 101 cm³/mol. The third kappa shape index (κ3) is 11.0. The highest BCUT2D eigenvalue weighted by molar-refractivity contribution is 5.51. The number of aryl methyl sites for hydroxylation is 1. The topological polar surface area (TPSA) is 44.0 Å². The van der Waals surface area contributed by atoms with E-state index in [-0.39, 0.29) is 0 Å². The molecular formula is C22H37NO2. The van der Waals surface area contributed by atoms with E-state index >= 15 is 0 Å². The fourth-order valence-electron chi connectivity index (χ4n) is 3.36. The van der Waals surface area contributed by atoms with Gasteiger partial charge >= 0.3 is 6.09 Å². The summed E-state index contributed by atoms with van der Waals surface area (Å²) in [5.41, 5.74) is 0.835. The lowest BCUT2D eigenvalue weighted by molar-refractivity contribution is -0.637. The molecule has 0 aliphatic heterocycles. The first-order valence-corrected chi connectivity index (χ1v) is 10.5. The van der Waals surface area contributed by atoms with Gasteiger partial charge in [0, 0.05) is 18.6 Å². The van der Waals surface area contributed by atoms with E-state index in [2.05, 4.69) is 6.92 Å². The number of pyridine rings is 1. The second-order valence-electron chi connectivity index (χ2n) is 7.17. The maximum atomic E-state index is 11.0. The summed E-state index contributed by atoms with van der Waals surface area (Å²) in [6.45, 7) is 2.27. The molecule has 0 atom stereocenters. The molecule has 1 heterocycles. The smallest absolute Gasteiger partial charge is 0.343 e. The molecule has 0 fully saturated rings. The molecule has 0 unspecified atom stereocenters. The van der Waals surface area contributed by atoms with Gasteiger partial charge in [-0.2, -0.15) is 0 Å². The van der Waals surface area contributed by atoms with E-state index in [0.29, 0.717) is 0 Å². The first-order valence-electron chi connectivity index (χ1n) is 10.5. The Kier molecular flexibility index (Phi) is 12.9. The molecule has 3 heteroatoms. The van der Waals surface area contributed by atoms with Crippen molar-refractivity contribution in [3.05, 3.63) is 30.1 Å². The van der Waals surface area contributed by atoms with Crippen molar-refractivity contribution in [3.63, 3.8) is 0 Å². The van der Waals surface area contributed by atoms with E-state index in [9.17, 15) is 9.90 Å². The maximum Gasteiger partial charge on any atom is 0.343 e. The molecule has 25 heavy (non-hydrogen) atoms. The fraction of sp³-hybridized carbons (Fsp3) is 0.727. The summed E-state index contributed by atoms with van der Waals surface area (Å²) in [6, 6.07) is 5.49. The summed E-state index contributed by atoms with van der Waals surface area (Å²) in [5, 5.41) is 11.0. The van der Waals surface area contributed by atoms with Crippen LogP contribution in [-0.4, -0.2) is 6.09 Å². The third-order valence-corrected chi connectivity index (χ3v) is 4.93. The van der Waals surface area contributed by atoms with Gasteiger partial charge in [-0.05, 0) is 6.42 Å². The zero-order valence-electron chi connectivity index (χ0n) is 16.2. The average Bonchev–Trinajstić information content (AvgIpc) is 2.62. The summed E-state index contributed by atoms with van der Waals surface area (Å²) < 4.78 is 1.22. The number of aromatic nitrogens is 1. The molecule has 1 rings (SSSR count). The van der Waals surface area contributed by atoms with Crippen molar-refractivity contribution in [2.24, 2.45) is 0 Å². The van der Waals surface area contributed by atoms with E-state index in [1.54, 1.807) is 12.3 Å². The van der Waals surface area contributed by atoms with E-state index in [1.807, 2.05) is 12.1 Å². The number of hydrogen-bond donors (Lipinski definition) is 0. The van der Waals surface area contributed by atoms with E-state index in [0.717, 1.165) is 18.5 Å². The Morgan fingerprint density at radius 1 is 0.800 bits per heavy atom. The summed E-state index contributed by atoms with van der Waals surface area (Å²) in [7, 11) is 0. The van der Waals surface area contributed by atoms with Crippen LogP contribution >= 0.6 is 0 Å². The number of carboxylic acid groups (broad SMARTS) is 1. The van der Waals surface area contributed by atoms with Gasteiger partial charge in [0.25, 0.3) is 0 Å². The minimum atomic E-state index is -1.14. The highest BCUT2D eigenvalue weighted by Crippen LogP contribution is 2.13. The molecule has 0 aliphatic carbocycles. The monoisotopic (exact) mass is 347 g/mol. The van der Waals surface area contributed by atoms with Gasteiger partial charge in [-0.1, -0.05) is 96.5 Å². The van der Waals surface area contributed by atoms with Crippen LogP contribution in [-0.2, 0) is 6.42 Å². The minimum absolute atomic E-state index is 0.812. The van der Waals surface area contributed by atoms with Gasteiger partial charge in [0.1, 0.15) is 0 Å². The Bertz CT molecular complexity index is 459. The summed E-state index contributed by atoms with van der Waals surface area (Å²) in [5.74, 6) is 0. The highest BCUT2D eigenvalue weighted by atomic mass is 16.4. The summed E-state index contributed by atoms with van der Waals surface area (Å²) in [4.78, 5) is 11.0. The lowest BCUT2D eigenvalue weighted by Gasteiger charge is -2.04. The lowest BCUT2D eigenvalue weighted by Crippen LogP contribution is -2.54. The van der Waals surface area contributed by atoms with Crippen molar-refractivity contribution in [2.75, 3.05) is 0 Å². The van der Waals surface area contributed by atoms with Crippen LogP contribution in [0.2, 0.25) is 0 Å². The summed E-state index contributed by atoms with van der Waals surface area (Å²) in [6.07, 6.45) is 20.0. The number of nitrogens with zero attached hydrogens (tertiary/aromatic N) is 1. The fourth-order valence-corrected chi connectivity index (χ4v) is 3.36. The predicted octanol–water partition coefficient (Wildman–Crippen LogP) is 5.19. The Hall–Kier alpha value is -1.38. The van der Waals surface area contributed by atoms with Gasteiger partial charge in [0.05, 0.1) is 0 Å². The number of carbonyl (C=O) groups excluding carboxylic acids is 1. The lowest BCUT2D eigenvalue weighted by atomic mass is 10.0. The maximum absolute atomic E-state index is 11.0. The molecule has 0 amide bonds. The van der Waals surface area contributed by atoms with Crippen LogP contribution in [0.1, 0.15) is 103 Å². The Morgan fingerprint density at radius 3 is 1.76 bits per heavy atom. The zero-order valence-corrected chi connectivity index (χ0v) is 16.2. The highest BCUT2D eigenvalue weighted by Gasteiger charge is 2.10. The van der Waals surface area contributed by atoms with Crippen molar-refractivity contribution in [3.8, 4) is 0 Å². The van der Waals surface area contributed by atoms with E-state index < -0.39 is 6.09 Å². The van der Waals surface area contributed by atoms with Crippen LogP contribution in [0.3, 0.4) is 0 Å². The first kappa shape index (κ1) is 21.7. The van der Waals surface area contributed by atoms with Gasteiger partial charge in [-0.3, -0.25) is 0 Å². The molecule has 0 aromatic carbocycles. The largest absolute Gasteiger partial charge is 0.490 e. The number of carbonyl (C=O) groups is 1. The van der Waals surface area contributed by atoms with Crippen molar-refractivity contribution in [1.29, 1.82) is 0 Å². The van der Waals surface area contributed by atoms with Crippen LogP contribution in [0.4, 0.5) is 4.79 Å². The van der Waals surface area contributed by atoms with Crippen molar-refractivity contribution < 1.29 is 14.5 Å². The molecule has 0 aliphatic rings. The van der Waals surface area contributed by atoms with Crippen LogP contribution in [0, 0.1) is 0 Å². The third-order valence-electron chi connectivity index (χ3n) is 4.93. The zero-order chi connectivity index (χ0) is 18.2. The van der Waals surface area contributed by atoms with Gasteiger partial charge in [-0.15, -0.1) is 4.57 Å². The van der Waals surface area contributed by atoms with Crippen molar-refractivity contribution >= 4 is 6.09 Å². The molecule has 1 aromatic rings. The molecule has 1 aromatic heterocycles. The SMILES string of the molecule is CCCCCCCCCCCCCCCCc1cccc[n+]1C(=O)[O-]. The molecule has 3 nitrogen and oxygen atoms in total. The number of unbranched alkanes of at least 4 members (excludes halogenated alkanes) is 13. The van der Waals surface area contributed by atoms with Crippen molar-refractivity contribution in [1.82, 2.24) is 0 Å². The van der Waals surface area contributed by atoms with Crippen LogP contribution < -0.4 is 9.67 Å². The Labute approximate surface area is 154 Å². The van der Waals surface area contributed by atoms with E-state index in [1.165, 1.54) is 88.0 Å².